The van der Waals surface area contributed by atoms with Crippen LogP contribution in [0, 0.1) is 5.92 Å². The zero-order valence-electron chi connectivity index (χ0n) is 12.5. The average molecular weight is 312 g/mol. The first-order valence-corrected chi connectivity index (χ1v) is 7.87. The summed E-state index contributed by atoms with van der Waals surface area (Å²) in [7, 11) is 0. The summed E-state index contributed by atoms with van der Waals surface area (Å²) >= 11 is 0. The summed E-state index contributed by atoms with van der Waals surface area (Å²) in [6, 6.07) is 5.35. The molecule has 2 N–H and O–H groups in total. The molecule has 5 heteroatoms. The zero-order chi connectivity index (χ0) is 13.6. The van der Waals surface area contributed by atoms with Crippen LogP contribution in [0.3, 0.4) is 0 Å². The molecule has 3 unspecified atom stereocenters. The van der Waals surface area contributed by atoms with Crippen LogP contribution in [-0.4, -0.2) is 43.4 Å². The minimum Gasteiger partial charge on any atom is -0.379 e. The van der Waals surface area contributed by atoms with Crippen LogP contribution in [0.5, 0.6) is 0 Å². The summed E-state index contributed by atoms with van der Waals surface area (Å²) in [6.07, 6.45) is 8.82. The lowest BCUT2D eigenvalue weighted by Gasteiger charge is -2.33. The lowest BCUT2D eigenvalue weighted by Crippen LogP contribution is -2.51. The highest BCUT2D eigenvalue weighted by Crippen LogP contribution is 2.29. The molecule has 1 saturated carbocycles. The molecule has 1 saturated heterocycles. The molecular weight excluding hydrogens is 286 g/mol. The van der Waals surface area contributed by atoms with E-state index >= 15 is 0 Å². The lowest BCUT2D eigenvalue weighted by molar-refractivity contribution is 0.0526. The van der Waals surface area contributed by atoms with Crippen LogP contribution < -0.4 is 10.6 Å². The van der Waals surface area contributed by atoms with E-state index in [1.807, 2.05) is 18.5 Å². The van der Waals surface area contributed by atoms with Gasteiger partial charge in [0.2, 0.25) is 0 Å². The van der Waals surface area contributed by atoms with Gasteiger partial charge in [-0.25, -0.2) is 0 Å². The van der Waals surface area contributed by atoms with Gasteiger partial charge < -0.3 is 15.4 Å². The number of hydrogen-bond donors (Lipinski definition) is 2. The Morgan fingerprint density at radius 1 is 1.38 bits per heavy atom. The molecule has 3 atom stereocenters. The second-order valence-electron chi connectivity index (χ2n) is 5.90. The van der Waals surface area contributed by atoms with E-state index in [0.717, 1.165) is 38.6 Å². The highest BCUT2D eigenvalue weighted by Gasteiger charge is 2.34. The van der Waals surface area contributed by atoms with E-state index in [9.17, 15) is 0 Å². The number of pyridine rings is 1. The van der Waals surface area contributed by atoms with Crippen LogP contribution >= 0.6 is 12.4 Å². The molecule has 1 aliphatic carbocycles. The molecule has 0 amide bonds. The molecule has 0 radical (unpaired) electrons. The Balaban J connectivity index is 0.00000161. The normalized spacial score (nSPS) is 29.0. The maximum atomic E-state index is 5.62. The molecule has 2 aliphatic rings. The molecule has 0 aromatic carbocycles. The number of nitrogens with zero attached hydrogens (tertiary/aromatic N) is 1. The predicted molar refractivity (Wildman–Crippen MR) is 86.9 cm³/mol. The quantitative estimate of drug-likeness (QED) is 0.870. The van der Waals surface area contributed by atoms with Crippen molar-refractivity contribution < 1.29 is 4.74 Å². The van der Waals surface area contributed by atoms with E-state index in [1.54, 1.807) is 0 Å². The first kappa shape index (κ1) is 16.7. The standard InChI is InChI=1S/C16H25N3O.ClH/c1-4-14(16-12-20-10-9-19-16)15(5-1)18-8-6-13-3-2-7-17-11-13;/h2-3,7,11,14-16,18-19H,1,4-6,8-10,12H2;1H. The van der Waals surface area contributed by atoms with Crippen molar-refractivity contribution >= 4 is 12.4 Å². The first-order chi connectivity index (χ1) is 9.93. The number of ether oxygens (including phenoxy) is 1. The highest BCUT2D eigenvalue weighted by molar-refractivity contribution is 5.85. The largest absolute Gasteiger partial charge is 0.379 e. The molecule has 3 rings (SSSR count). The van der Waals surface area contributed by atoms with E-state index in [4.69, 9.17) is 4.74 Å². The average Bonchev–Trinajstić information content (AvgIpc) is 2.98. The third kappa shape index (κ3) is 4.65. The van der Waals surface area contributed by atoms with E-state index in [1.165, 1.54) is 24.8 Å². The molecule has 4 nitrogen and oxygen atoms in total. The van der Waals surface area contributed by atoms with E-state index in [0.29, 0.717) is 12.1 Å². The fraction of sp³-hybridized carbons (Fsp3) is 0.688. The molecule has 118 valence electrons. The maximum absolute atomic E-state index is 5.62. The first-order valence-electron chi connectivity index (χ1n) is 7.87. The summed E-state index contributed by atoms with van der Waals surface area (Å²) in [5.74, 6) is 0.726. The van der Waals surface area contributed by atoms with Crippen molar-refractivity contribution in [3.63, 3.8) is 0 Å². The van der Waals surface area contributed by atoms with E-state index in [-0.39, 0.29) is 12.4 Å². The van der Waals surface area contributed by atoms with Gasteiger partial charge >= 0.3 is 0 Å². The second kappa shape index (κ2) is 8.69. The smallest absolute Gasteiger partial charge is 0.0623 e. The SMILES string of the molecule is Cl.c1cncc(CCNC2CCCC2C2COCCN2)c1. The molecule has 2 fully saturated rings. The van der Waals surface area contributed by atoms with Gasteiger partial charge in [-0.2, -0.15) is 0 Å². The number of hydrogen-bond acceptors (Lipinski definition) is 4. The third-order valence-corrected chi connectivity index (χ3v) is 4.58. The van der Waals surface area contributed by atoms with Crippen molar-refractivity contribution in [2.24, 2.45) is 5.92 Å². The van der Waals surface area contributed by atoms with Crippen molar-refractivity contribution in [1.82, 2.24) is 15.6 Å². The second-order valence-corrected chi connectivity index (χ2v) is 5.90. The van der Waals surface area contributed by atoms with Crippen LogP contribution in [0.4, 0.5) is 0 Å². The fourth-order valence-corrected chi connectivity index (χ4v) is 3.53. The van der Waals surface area contributed by atoms with Gasteiger partial charge in [-0.15, -0.1) is 12.4 Å². The Bertz CT molecular complexity index is 398. The molecule has 21 heavy (non-hydrogen) atoms. The van der Waals surface area contributed by atoms with Crippen molar-refractivity contribution in [1.29, 1.82) is 0 Å². The molecule has 0 bridgehead atoms. The predicted octanol–water partition coefficient (Wildman–Crippen LogP) is 1.79. The van der Waals surface area contributed by atoms with Gasteiger partial charge in [0.05, 0.1) is 13.2 Å². The zero-order valence-corrected chi connectivity index (χ0v) is 13.3. The van der Waals surface area contributed by atoms with Crippen molar-refractivity contribution in [2.45, 2.75) is 37.8 Å². The molecule has 0 spiro atoms. The van der Waals surface area contributed by atoms with Gasteiger partial charge in [0.1, 0.15) is 0 Å². The maximum Gasteiger partial charge on any atom is 0.0623 e. The van der Waals surface area contributed by atoms with Gasteiger partial charge in [-0.3, -0.25) is 4.98 Å². The van der Waals surface area contributed by atoms with Crippen LogP contribution in [-0.2, 0) is 11.2 Å². The van der Waals surface area contributed by atoms with Crippen molar-refractivity contribution in [3.05, 3.63) is 30.1 Å². The summed E-state index contributed by atoms with van der Waals surface area (Å²) in [4.78, 5) is 4.17. The molecule has 1 aromatic heterocycles. The summed E-state index contributed by atoms with van der Waals surface area (Å²) in [5.41, 5.74) is 1.31. The monoisotopic (exact) mass is 311 g/mol. The minimum atomic E-state index is 0. The Labute approximate surface area is 133 Å². The molecule has 1 aliphatic heterocycles. The minimum absolute atomic E-state index is 0. The van der Waals surface area contributed by atoms with Crippen LogP contribution in [0.1, 0.15) is 24.8 Å². The third-order valence-electron chi connectivity index (χ3n) is 4.58. The fourth-order valence-electron chi connectivity index (χ4n) is 3.53. The topological polar surface area (TPSA) is 46.2 Å². The number of rotatable bonds is 5. The van der Waals surface area contributed by atoms with Crippen molar-refractivity contribution in [3.8, 4) is 0 Å². The van der Waals surface area contributed by atoms with Gasteiger partial charge in [0.15, 0.2) is 0 Å². The van der Waals surface area contributed by atoms with Gasteiger partial charge in [-0.05, 0) is 43.4 Å². The van der Waals surface area contributed by atoms with Crippen LogP contribution in [0.25, 0.3) is 0 Å². The van der Waals surface area contributed by atoms with E-state index in [2.05, 4.69) is 21.7 Å². The van der Waals surface area contributed by atoms with Gasteiger partial charge in [-0.1, -0.05) is 12.5 Å². The van der Waals surface area contributed by atoms with E-state index < -0.39 is 0 Å². The number of morpholine rings is 1. The summed E-state index contributed by atoms with van der Waals surface area (Å²) in [5, 5.41) is 7.38. The Hall–Kier alpha value is -0.680. The van der Waals surface area contributed by atoms with Crippen molar-refractivity contribution in [2.75, 3.05) is 26.3 Å². The lowest BCUT2D eigenvalue weighted by atomic mass is 9.94. The number of halogens is 1. The Kier molecular flexibility index (Phi) is 6.90. The molecule has 2 heterocycles. The van der Waals surface area contributed by atoms with Crippen LogP contribution in [0.15, 0.2) is 24.5 Å². The highest BCUT2D eigenvalue weighted by atomic mass is 35.5. The summed E-state index contributed by atoms with van der Waals surface area (Å²) in [6.45, 7) is 3.79. The number of aromatic nitrogens is 1. The van der Waals surface area contributed by atoms with Gasteiger partial charge in [0, 0.05) is 31.0 Å². The Morgan fingerprint density at radius 3 is 3.10 bits per heavy atom. The molecular formula is C16H26ClN3O. The summed E-state index contributed by atoms with van der Waals surface area (Å²) < 4.78 is 5.62. The van der Waals surface area contributed by atoms with Gasteiger partial charge in [0.25, 0.3) is 0 Å². The number of nitrogens with one attached hydrogen (secondary N) is 2. The molecule has 1 aromatic rings. The Morgan fingerprint density at radius 2 is 2.33 bits per heavy atom. The van der Waals surface area contributed by atoms with Crippen LogP contribution in [0.2, 0.25) is 0 Å².